The second-order valence-corrected chi connectivity index (χ2v) is 8.28. The molecule has 36 heavy (non-hydrogen) atoms. The molecule has 2 aromatic carbocycles. The molecule has 0 fully saturated rings. The summed E-state index contributed by atoms with van der Waals surface area (Å²) in [4.78, 5) is 8.77. The van der Waals surface area contributed by atoms with Gasteiger partial charge in [-0.1, -0.05) is 31.2 Å². The van der Waals surface area contributed by atoms with Crippen LogP contribution in [0.1, 0.15) is 29.5 Å². The average molecular weight is 502 g/mol. The molecule has 0 amide bonds. The van der Waals surface area contributed by atoms with Gasteiger partial charge in [-0.3, -0.25) is 9.97 Å². The van der Waals surface area contributed by atoms with E-state index in [0.717, 1.165) is 23.3 Å². The third-order valence-electron chi connectivity index (χ3n) is 5.59. The van der Waals surface area contributed by atoms with Crippen molar-refractivity contribution in [2.75, 3.05) is 0 Å². The number of nitrogens with zero attached hydrogens (tertiary/aromatic N) is 2. The lowest BCUT2D eigenvalue weighted by Gasteiger charge is -2.13. The molecule has 0 aliphatic heterocycles. The highest BCUT2D eigenvalue weighted by Gasteiger charge is 2.31. The van der Waals surface area contributed by atoms with Crippen LogP contribution in [0.2, 0.25) is 0 Å². The van der Waals surface area contributed by atoms with Crippen LogP contribution in [0.4, 0.5) is 26.3 Å². The van der Waals surface area contributed by atoms with Gasteiger partial charge in [0.1, 0.15) is 5.75 Å². The summed E-state index contributed by atoms with van der Waals surface area (Å²) in [5.74, 6) is -0.233. The van der Waals surface area contributed by atoms with Crippen LogP contribution in [0.25, 0.3) is 22.5 Å². The van der Waals surface area contributed by atoms with Gasteiger partial charge >= 0.3 is 12.5 Å². The van der Waals surface area contributed by atoms with E-state index in [1.165, 1.54) is 30.3 Å². The largest absolute Gasteiger partial charge is 0.573 e. The molecule has 0 saturated carbocycles. The Morgan fingerprint density at radius 1 is 0.750 bits per heavy atom. The van der Waals surface area contributed by atoms with Gasteiger partial charge in [-0.15, -0.1) is 13.2 Å². The first-order chi connectivity index (χ1) is 17.0. The second kappa shape index (κ2) is 10.0. The SMILES string of the molecule is CC(Cc1ccc(-c2ccc(OC(F)(F)F)cc2)nc1)c1ccc(-c2cccc(C(F)(F)F)c2)nc1. The van der Waals surface area contributed by atoms with Gasteiger partial charge in [0.15, 0.2) is 0 Å². The minimum absolute atomic E-state index is 0.0690. The van der Waals surface area contributed by atoms with Crippen LogP contribution in [-0.4, -0.2) is 16.3 Å². The molecule has 9 heteroatoms. The number of aromatic nitrogens is 2. The lowest BCUT2D eigenvalue weighted by molar-refractivity contribution is -0.274. The summed E-state index contributed by atoms with van der Waals surface area (Å²) in [6, 6.07) is 17.8. The zero-order chi connectivity index (χ0) is 25.9. The summed E-state index contributed by atoms with van der Waals surface area (Å²) >= 11 is 0. The van der Waals surface area contributed by atoms with Crippen LogP contribution < -0.4 is 4.74 Å². The Morgan fingerprint density at radius 2 is 1.42 bits per heavy atom. The lowest BCUT2D eigenvalue weighted by atomic mass is 9.95. The van der Waals surface area contributed by atoms with E-state index in [1.807, 2.05) is 19.1 Å². The molecule has 4 aromatic rings. The van der Waals surface area contributed by atoms with E-state index in [4.69, 9.17) is 0 Å². The van der Waals surface area contributed by atoms with Crippen LogP contribution in [0, 0.1) is 0 Å². The lowest BCUT2D eigenvalue weighted by Crippen LogP contribution is -2.16. The van der Waals surface area contributed by atoms with Crippen LogP contribution >= 0.6 is 0 Å². The number of halogens is 6. The first-order valence-electron chi connectivity index (χ1n) is 10.9. The average Bonchev–Trinajstić information content (AvgIpc) is 2.84. The fraction of sp³-hybridized carbons (Fsp3) is 0.185. The molecule has 2 aromatic heterocycles. The Morgan fingerprint density at radius 3 is 2.00 bits per heavy atom. The van der Waals surface area contributed by atoms with E-state index in [1.54, 1.807) is 30.6 Å². The van der Waals surface area contributed by atoms with Crippen molar-refractivity contribution < 1.29 is 31.1 Å². The third-order valence-corrected chi connectivity index (χ3v) is 5.59. The molecule has 0 aliphatic rings. The molecule has 0 spiro atoms. The topological polar surface area (TPSA) is 35.0 Å². The predicted molar refractivity (Wildman–Crippen MR) is 123 cm³/mol. The summed E-state index contributed by atoms with van der Waals surface area (Å²) in [6.45, 7) is 2.01. The van der Waals surface area contributed by atoms with E-state index < -0.39 is 18.1 Å². The maximum absolute atomic E-state index is 13.0. The van der Waals surface area contributed by atoms with E-state index in [2.05, 4.69) is 14.7 Å². The molecule has 0 saturated heterocycles. The first-order valence-corrected chi connectivity index (χ1v) is 10.9. The van der Waals surface area contributed by atoms with Gasteiger partial charge in [0.2, 0.25) is 0 Å². The number of rotatable bonds is 6. The molecular formula is C27H20F6N2O. The molecular weight excluding hydrogens is 482 g/mol. The number of hydrogen-bond acceptors (Lipinski definition) is 3. The van der Waals surface area contributed by atoms with Crippen LogP contribution in [0.15, 0.2) is 85.2 Å². The fourth-order valence-electron chi connectivity index (χ4n) is 3.74. The predicted octanol–water partition coefficient (Wildman–Crippen LogP) is 8.07. The van der Waals surface area contributed by atoms with Crippen molar-refractivity contribution >= 4 is 0 Å². The van der Waals surface area contributed by atoms with Gasteiger partial charge in [-0.2, -0.15) is 13.2 Å². The Bertz CT molecular complexity index is 1300. The quantitative estimate of drug-likeness (QED) is 0.250. The van der Waals surface area contributed by atoms with E-state index in [-0.39, 0.29) is 11.7 Å². The van der Waals surface area contributed by atoms with Gasteiger partial charge in [0.05, 0.1) is 17.0 Å². The van der Waals surface area contributed by atoms with Crippen LogP contribution in [0.3, 0.4) is 0 Å². The van der Waals surface area contributed by atoms with E-state index >= 15 is 0 Å². The number of ether oxygens (including phenoxy) is 1. The van der Waals surface area contributed by atoms with E-state index in [9.17, 15) is 26.3 Å². The minimum Gasteiger partial charge on any atom is -0.406 e. The standard InChI is InChI=1S/C27H20F6N2O/c1-17(21-8-12-25(35-16-21)20-3-2-4-22(14-20)26(28,29)30)13-18-5-11-24(34-15-18)19-6-9-23(10-7-19)36-27(31,32)33/h2-12,14-17H,13H2,1H3. The Balaban J connectivity index is 1.41. The van der Waals surface area contributed by atoms with Crippen molar-refractivity contribution in [2.45, 2.75) is 31.8 Å². The third kappa shape index (κ3) is 6.41. The van der Waals surface area contributed by atoms with Gasteiger partial charge in [-0.25, -0.2) is 0 Å². The van der Waals surface area contributed by atoms with Gasteiger partial charge < -0.3 is 4.74 Å². The van der Waals surface area contributed by atoms with Crippen molar-refractivity contribution in [3.63, 3.8) is 0 Å². The molecule has 2 heterocycles. The molecule has 186 valence electrons. The Labute approximate surface area is 203 Å². The highest BCUT2D eigenvalue weighted by molar-refractivity contribution is 5.61. The zero-order valence-electron chi connectivity index (χ0n) is 18.9. The zero-order valence-corrected chi connectivity index (χ0v) is 18.9. The molecule has 0 bridgehead atoms. The summed E-state index contributed by atoms with van der Waals surface area (Å²) < 4.78 is 79.8. The molecule has 0 N–H and O–H groups in total. The van der Waals surface area contributed by atoms with E-state index in [0.29, 0.717) is 28.9 Å². The summed E-state index contributed by atoms with van der Waals surface area (Å²) in [5.41, 5.74) is 3.26. The normalized spacial score (nSPS) is 12.9. The highest BCUT2D eigenvalue weighted by atomic mass is 19.4. The number of pyridine rings is 2. The van der Waals surface area contributed by atoms with Gasteiger partial charge in [-0.05, 0) is 72.0 Å². The monoisotopic (exact) mass is 502 g/mol. The van der Waals surface area contributed by atoms with Crippen molar-refractivity contribution in [3.05, 3.63) is 102 Å². The van der Waals surface area contributed by atoms with Crippen molar-refractivity contribution in [2.24, 2.45) is 0 Å². The van der Waals surface area contributed by atoms with Crippen molar-refractivity contribution in [1.82, 2.24) is 9.97 Å². The number of alkyl halides is 6. The Kier molecular flexibility index (Phi) is 7.01. The molecule has 3 nitrogen and oxygen atoms in total. The number of benzene rings is 2. The fourth-order valence-corrected chi connectivity index (χ4v) is 3.74. The van der Waals surface area contributed by atoms with Gasteiger partial charge in [0, 0.05) is 23.5 Å². The number of hydrogen-bond donors (Lipinski definition) is 0. The summed E-state index contributed by atoms with van der Waals surface area (Å²) in [7, 11) is 0. The highest BCUT2D eigenvalue weighted by Crippen LogP contribution is 2.32. The summed E-state index contributed by atoms with van der Waals surface area (Å²) in [6.07, 6.45) is -5.15. The molecule has 0 aliphatic carbocycles. The molecule has 1 atom stereocenters. The minimum atomic E-state index is -4.74. The molecule has 0 radical (unpaired) electrons. The van der Waals surface area contributed by atoms with Crippen LogP contribution in [-0.2, 0) is 12.6 Å². The summed E-state index contributed by atoms with van der Waals surface area (Å²) in [5, 5.41) is 0. The maximum Gasteiger partial charge on any atom is 0.573 e. The smallest absolute Gasteiger partial charge is 0.406 e. The molecule has 4 rings (SSSR count). The van der Waals surface area contributed by atoms with Crippen LogP contribution in [0.5, 0.6) is 5.75 Å². The second-order valence-electron chi connectivity index (χ2n) is 8.28. The van der Waals surface area contributed by atoms with Crippen molar-refractivity contribution in [3.8, 4) is 28.3 Å². The van der Waals surface area contributed by atoms with Gasteiger partial charge in [0.25, 0.3) is 0 Å². The maximum atomic E-state index is 13.0. The van der Waals surface area contributed by atoms with Crippen molar-refractivity contribution in [1.29, 1.82) is 0 Å². The Hall–Kier alpha value is -3.88. The first kappa shape index (κ1) is 25.2. The molecule has 1 unspecified atom stereocenters.